The van der Waals surface area contributed by atoms with Gasteiger partial charge in [-0.15, -0.1) is 11.8 Å². The number of carbonyl (C=O) groups is 1. The number of halogens is 4. The van der Waals surface area contributed by atoms with Crippen LogP contribution in [-0.4, -0.2) is 11.5 Å². The standard InChI is InChI=1S/C20H18Cl4OS/c1-2-3-4-11-26-14-8-5-13(6-9-14)7-10-17(25)15-12-16(21)19(23)20(24)18(15)22/h5-10,12H,2-4,11H2,1H3. The van der Waals surface area contributed by atoms with Crippen LogP contribution >= 0.6 is 58.2 Å². The summed E-state index contributed by atoms with van der Waals surface area (Å²) in [4.78, 5) is 13.6. The Bertz CT molecular complexity index is 800. The first-order chi connectivity index (χ1) is 12.4. The van der Waals surface area contributed by atoms with Crippen LogP contribution in [0.3, 0.4) is 0 Å². The Morgan fingerprint density at radius 1 is 1.00 bits per heavy atom. The molecule has 26 heavy (non-hydrogen) atoms. The van der Waals surface area contributed by atoms with E-state index in [-0.39, 0.29) is 31.4 Å². The number of hydrogen-bond donors (Lipinski definition) is 0. The van der Waals surface area contributed by atoms with Gasteiger partial charge < -0.3 is 0 Å². The van der Waals surface area contributed by atoms with Crippen molar-refractivity contribution in [3.8, 4) is 0 Å². The number of unbranched alkanes of at least 4 members (excludes halogenated alkanes) is 2. The summed E-state index contributed by atoms with van der Waals surface area (Å²) in [5.74, 6) is 0.839. The molecule has 0 atom stereocenters. The summed E-state index contributed by atoms with van der Waals surface area (Å²) in [7, 11) is 0. The zero-order valence-electron chi connectivity index (χ0n) is 14.2. The second-order valence-corrected chi connectivity index (χ2v) is 8.38. The van der Waals surface area contributed by atoms with Crippen molar-refractivity contribution in [3.05, 3.63) is 67.6 Å². The lowest BCUT2D eigenvalue weighted by Gasteiger charge is -2.06. The number of allylic oxidation sites excluding steroid dienone is 1. The SMILES string of the molecule is CCCCCSc1ccc(C=CC(=O)c2cc(Cl)c(Cl)c(Cl)c2Cl)cc1. The van der Waals surface area contributed by atoms with Gasteiger partial charge in [-0.05, 0) is 42.0 Å². The Morgan fingerprint density at radius 3 is 2.35 bits per heavy atom. The fourth-order valence-electron chi connectivity index (χ4n) is 2.23. The number of hydrogen-bond acceptors (Lipinski definition) is 2. The van der Waals surface area contributed by atoms with E-state index in [1.165, 1.54) is 36.3 Å². The van der Waals surface area contributed by atoms with Gasteiger partial charge in [-0.3, -0.25) is 4.79 Å². The third-order valence-corrected chi connectivity index (χ3v) is 6.54. The molecule has 0 spiro atoms. The molecule has 1 nitrogen and oxygen atoms in total. The first kappa shape index (κ1) is 21.7. The highest BCUT2D eigenvalue weighted by Gasteiger charge is 2.16. The van der Waals surface area contributed by atoms with E-state index < -0.39 is 0 Å². The average Bonchev–Trinajstić information content (AvgIpc) is 2.65. The summed E-state index contributed by atoms with van der Waals surface area (Å²) in [5, 5.41) is 0.532. The highest BCUT2D eigenvalue weighted by molar-refractivity contribution is 7.99. The van der Waals surface area contributed by atoms with Crippen molar-refractivity contribution in [1.82, 2.24) is 0 Å². The van der Waals surface area contributed by atoms with Crippen molar-refractivity contribution in [2.45, 2.75) is 31.1 Å². The van der Waals surface area contributed by atoms with Crippen LogP contribution in [0.2, 0.25) is 20.1 Å². The molecule has 0 fully saturated rings. The maximum Gasteiger partial charge on any atom is 0.187 e. The van der Waals surface area contributed by atoms with Crippen LogP contribution in [0, 0.1) is 0 Å². The zero-order chi connectivity index (χ0) is 19.1. The van der Waals surface area contributed by atoms with E-state index in [0.717, 1.165) is 11.3 Å². The second-order valence-electron chi connectivity index (χ2n) is 5.67. The van der Waals surface area contributed by atoms with Crippen LogP contribution in [0.25, 0.3) is 6.08 Å². The summed E-state index contributed by atoms with van der Waals surface area (Å²) in [6.07, 6.45) is 6.90. The Morgan fingerprint density at radius 2 is 1.69 bits per heavy atom. The van der Waals surface area contributed by atoms with Gasteiger partial charge in [0.05, 0.1) is 20.1 Å². The molecule has 0 aliphatic carbocycles. The molecule has 0 bridgehead atoms. The molecule has 2 aromatic carbocycles. The van der Waals surface area contributed by atoms with Crippen molar-refractivity contribution < 1.29 is 4.79 Å². The average molecular weight is 448 g/mol. The maximum atomic E-state index is 12.4. The number of rotatable bonds is 8. The third-order valence-electron chi connectivity index (χ3n) is 3.69. The summed E-state index contributed by atoms with van der Waals surface area (Å²) < 4.78 is 0. The molecule has 0 saturated heterocycles. The quantitative estimate of drug-likeness (QED) is 0.101. The molecule has 0 amide bonds. The Hall–Kier alpha value is -0.640. The number of ketones is 1. The molecule has 0 N–H and O–H groups in total. The predicted octanol–water partition coefficient (Wildman–Crippen LogP) is 8.48. The highest BCUT2D eigenvalue weighted by Crippen LogP contribution is 2.38. The van der Waals surface area contributed by atoms with E-state index in [1.54, 1.807) is 6.08 Å². The first-order valence-electron chi connectivity index (χ1n) is 8.22. The van der Waals surface area contributed by atoms with Crippen LogP contribution in [0.1, 0.15) is 42.1 Å². The zero-order valence-corrected chi connectivity index (χ0v) is 18.0. The van der Waals surface area contributed by atoms with E-state index in [4.69, 9.17) is 46.4 Å². The van der Waals surface area contributed by atoms with E-state index in [0.29, 0.717) is 0 Å². The number of carbonyl (C=O) groups excluding carboxylic acids is 1. The van der Waals surface area contributed by atoms with Gasteiger partial charge in [0.1, 0.15) is 0 Å². The van der Waals surface area contributed by atoms with Crippen molar-refractivity contribution in [2.24, 2.45) is 0 Å². The van der Waals surface area contributed by atoms with Gasteiger partial charge in [0.25, 0.3) is 0 Å². The largest absolute Gasteiger partial charge is 0.289 e. The Labute approximate surface area is 178 Å². The molecule has 2 aromatic rings. The highest BCUT2D eigenvalue weighted by atomic mass is 35.5. The molecule has 0 heterocycles. The van der Waals surface area contributed by atoms with Crippen molar-refractivity contribution >= 4 is 70.0 Å². The minimum Gasteiger partial charge on any atom is -0.289 e. The summed E-state index contributed by atoms with van der Waals surface area (Å²) in [6, 6.07) is 9.51. The molecule has 2 rings (SSSR count). The Balaban J connectivity index is 2.04. The topological polar surface area (TPSA) is 17.1 Å². The summed E-state index contributed by atoms with van der Waals surface area (Å²) >= 11 is 25.9. The van der Waals surface area contributed by atoms with E-state index in [9.17, 15) is 4.79 Å². The lowest BCUT2D eigenvalue weighted by atomic mass is 10.1. The molecule has 0 aromatic heterocycles. The van der Waals surface area contributed by atoms with Crippen LogP contribution in [0.5, 0.6) is 0 Å². The van der Waals surface area contributed by atoms with Gasteiger partial charge >= 0.3 is 0 Å². The van der Waals surface area contributed by atoms with Gasteiger partial charge in [0, 0.05) is 10.5 Å². The van der Waals surface area contributed by atoms with Crippen molar-refractivity contribution in [2.75, 3.05) is 5.75 Å². The van der Waals surface area contributed by atoms with Crippen LogP contribution < -0.4 is 0 Å². The van der Waals surface area contributed by atoms with Gasteiger partial charge in [0.2, 0.25) is 0 Å². The fourth-order valence-corrected chi connectivity index (χ4v) is 4.04. The summed E-state index contributed by atoms with van der Waals surface area (Å²) in [6.45, 7) is 2.20. The minimum absolute atomic E-state index is 0.0852. The van der Waals surface area contributed by atoms with E-state index in [1.807, 2.05) is 23.9 Å². The van der Waals surface area contributed by atoms with E-state index >= 15 is 0 Å². The monoisotopic (exact) mass is 446 g/mol. The molecule has 0 unspecified atom stereocenters. The maximum absolute atomic E-state index is 12.4. The van der Waals surface area contributed by atoms with Gasteiger partial charge in [-0.2, -0.15) is 0 Å². The molecular weight excluding hydrogens is 430 g/mol. The predicted molar refractivity (Wildman–Crippen MR) is 117 cm³/mol. The molecule has 138 valence electrons. The molecule has 0 aliphatic rings. The second kappa shape index (κ2) is 10.6. The lowest BCUT2D eigenvalue weighted by Crippen LogP contribution is -1.97. The molecule has 6 heteroatoms. The lowest BCUT2D eigenvalue weighted by molar-refractivity contribution is 0.104. The van der Waals surface area contributed by atoms with Crippen LogP contribution in [-0.2, 0) is 0 Å². The van der Waals surface area contributed by atoms with Crippen LogP contribution in [0.15, 0.2) is 41.3 Å². The first-order valence-corrected chi connectivity index (χ1v) is 10.7. The van der Waals surface area contributed by atoms with Crippen molar-refractivity contribution in [1.29, 1.82) is 0 Å². The molecular formula is C20H18Cl4OS. The van der Waals surface area contributed by atoms with Gasteiger partial charge in [0.15, 0.2) is 5.78 Å². The van der Waals surface area contributed by atoms with E-state index in [2.05, 4.69) is 19.1 Å². The van der Waals surface area contributed by atoms with Crippen molar-refractivity contribution in [3.63, 3.8) is 0 Å². The van der Waals surface area contributed by atoms with Gasteiger partial charge in [-0.25, -0.2) is 0 Å². The number of benzene rings is 2. The number of thioether (sulfide) groups is 1. The van der Waals surface area contributed by atoms with Gasteiger partial charge in [-0.1, -0.05) is 84.4 Å². The molecule has 0 radical (unpaired) electrons. The normalized spacial score (nSPS) is 11.3. The smallest absolute Gasteiger partial charge is 0.187 e. The fraction of sp³-hybridized carbons (Fsp3) is 0.250. The van der Waals surface area contributed by atoms with Crippen LogP contribution in [0.4, 0.5) is 0 Å². The minimum atomic E-state index is -0.284. The summed E-state index contributed by atoms with van der Waals surface area (Å²) in [5.41, 5.74) is 1.16. The third kappa shape index (κ3) is 5.94. The molecule has 0 aliphatic heterocycles. The molecule has 0 saturated carbocycles. The Kier molecular flexibility index (Phi) is 8.86.